The molecular weight excluding hydrogens is 599 g/mol. The van der Waals surface area contributed by atoms with Crippen LogP contribution in [-0.4, -0.2) is 0 Å². The molecule has 0 aliphatic heterocycles. The van der Waals surface area contributed by atoms with Gasteiger partial charge in [0.05, 0.1) is 11.1 Å². The van der Waals surface area contributed by atoms with Crippen LogP contribution in [0.2, 0.25) is 0 Å². The molecule has 0 aliphatic carbocycles. The maximum Gasteiger partial charge on any atom is 0.143 e. The van der Waals surface area contributed by atoms with E-state index in [1.54, 1.807) is 0 Å². The Labute approximate surface area is 282 Å². The molecule has 8 aromatic carbocycles. The molecule has 0 radical (unpaired) electrons. The molecule has 0 spiro atoms. The van der Waals surface area contributed by atoms with Crippen molar-refractivity contribution in [1.82, 2.24) is 0 Å². The first-order chi connectivity index (χ1) is 24.3. The van der Waals surface area contributed by atoms with Crippen molar-refractivity contribution in [2.24, 2.45) is 0 Å². The molecule has 49 heavy (non-hydrogen) atoms. The maximum absolute atomic E-state index is 6.50. The van der Waals surface area contributed by atoms with Crippen molar-refractivity contribution in [2.45, 2.75) is 0 Å². The molecule has 230 valence electrons. The van der Waals surface area contributed by atoms with E-state index < -0.39 is 0 Å². The normalized spacial score (nSPS) is 11.7. The predicted molar refractivity (Wildman–Crippen MR) is 204 cm³/mol. The number of nitrogens with zero attached hydrogens (tertiary/aromatic N) is 1. The Bertz CT molecular complexity index is 2810. The second-order valence-corrected chi connectivity index (χ2v) is 12.5. The summed E-state index contributed by atoms with van der Waals surface area (Å²) in [6.07, 6.45) is 0. The number of para-hydroxylation sites is 1. The molecule has 0 atom stereocenters. The SMILES string of the molecule is c1ccc(-c2ccc(N(c3ccc(-c4cccc5oc6c7ccccc7ccc6c45)cc3)c3cccc4oc5ccccc5c34)cc2)cc1. The Hall–Kier alpha value is -6.58. The number of fused-ring (bicyclic) bond motifs is 8. The van der Waals surface area contributed by atoms with E-state index in [1.165, 1.54) is 16.5 Å². The van der Waals surface area contributed by atoms with E-state index in [2.05, 4.69) is 169 Å². The zero-order chi connectivity index (χ0) is 32.3. The van der Waals surface area contributed by atoms with Gasteiger partial charge in [0.2, 0.25) is 0 Å². The number of hydrogen-bond acceptors (Lipinski definition) is 3. The highest BCUT2D eigenvalue weighted by Gasteiger charge is 2.20. The van der Waals surface area contributed by atoms with Gasteiger partial charge in [-0.25, -0.2) is 0 Å². The fourth-order valence-electron chi connectivity index (χ4n) is 7.39. The number of hydrogen-bond donors (Lipinski definition) is 0. The van der Waals surface area contributed by atoms with Gasteiger partial charge in [0.1, 0.15) is 22.3 Å². The lowest BCUT2D eigenvalue weighted by atomic mass is 9.98. The summed E-state index contributed by atoms with van der Waals surface area (Å²) in [5.41, 5.74) is 11.4. The van der Waals surface area contributed by atoms with Crippen molar-refractivity contribution in [2.75, 3.05) is 4.90 Å². The van der Waals surface area contributed by atoms with Crippen molar-refractivity contribution >= 4 is 71.7 Å². The van der Waals surface area contributed by atoms with Gasteiger partial charge in [-0.3, -0.25) is 0 Å². The molecule has 10 rings (SSSR count). The first kappa shape index (κ1) is 27.5. The fourth-order valence-corrected chi connectivity index (χ4v) is 7.39. The van der Waals surface area contributed by atoms with Gasteiger partial charge >= 0.3 is 0 Å². The van der Waals surface area contributed by atoms with Crippen LogP contribution >= 0.6 is 0 Å². The van der Waals surface area contributed by atoms with Crippen LogP contribution in [0.1, 0.15) is 0 Å². The van der Waals surface area contributed by atoms with Crippen LogP contribution < -0.4 is 4.90 Å². The zero-order valence-electron chi connectivity index (χ0n) is 26.5. The monoisotopic (exact) mass is 627 g/mol. The van der Waals surface area contributed by atoms with Gasteiger partial charge in [-0.05, 0) is 82.2 Å². The van der Waals surface area contributed by atoms with E-state index in [4.69, 9.17) is 8.83 Å². The number of furan rings is 2. The summed E-state index contributed by atoms with van der Waals surface area (Å²) in [4.78, 5) is 2.34. The van der Waals surface area contributed by atoms with Gasteiger partial charge in [0.25, 0.3) is 0 Å². The van der Waals surface area contributed by atoms with E-state index >= 15 is 0 Å². The molecule has 0 unspecified atom stereocenters. The lowest BCUT2D eigenvalue weighted by molar-refractivity contribution is 0.669. The first-order valence-electron chi connectivity index (χ1n) is 16.6. The molecule has 0 N–H and O–H groups in total. The minimum Gasteiger partial charge on any atom is -0.456 e. The molecule has 3 nitrogen and oxygen atoms in total. The van der Waals surface area contributed by atoms with E-state index in [-0.39, 0.29) is 0 Å². The van der Waals surface area contributed by atoms with Crippen molar-refractivity contribution in [3.63, 3.8) is 0 Å². The summed E-state index contributed by atoms with van der Waals surface area (Å²) in [7, 11) is 0. The Morgan fingerprint density at radius 1 is 0.347 bits per heavy atom. The van der Waals surface area contributed by atoms with Gasteiger partial charge in [-0.2, -0.15) is 0 Å². The highest BCUT2D eigenvalue weighted by Crippen LogP contribution is 2.44. The van der Waals surface area contributed by atoms with Gasteiger partial charge in [-0.1, -0.05) is 121 Å². The highest BCUT2D eigenvalue weighted by molar-refractivity contribution is 6.19. The van der Waals surface area contributed by atoms with E-state index in [0.717, 1.165) is 77.5 Å². The van der Waals surface area contributed by atoms with Crippen molar-refractivity contribution in [3.05, 3.63) is 176 Å². The second-order valence-electron chi connectivity index (χ2n) is 12.5. The Morgan fingerprint density at radius 2 is 0.959 bits per heavy atom. The van der Waals surface area contributed by atoms with Crippen LogP contribution in [0.4, 0.5) is 17.1 Å². The summed E-state index contributed by atoms with van der Waals surface area (Å²) < 4.78 is 12.8. The van der Waals surface area contributed by atoms with Gasteiger partial charge in [0.15, 0.2) is 0 Å². The maximum atomic E-state index is 6.50. The van der Waals surface area contributed by atoms with Crippen LogP contribution in [0.15, 0.2) is 185 Å². The Morgan fingerprint density at radius 3 is 1.76 bits per heavy atom. The fraction of sp³-hybridized carbons (Fsp3) is 0. The van der Waals surface area contributed by atoms with Gasteiger partial charge in [-0.15, -0.1) is 0 Å². The van der Waals surface area contributed by atoms with E-state index in [1.807, 2.05) is 12.1 Å². The van der Waals surface area contributed by atoms with E-state index in [9.17, 15) is 0 Å². The van der Waals surface area contributed by atoms with Crippen LogP contribution in [0.3, 0.4) is 0 Å². The molecule has 0 fully saturated rings. The van der Waals surface area contributed by atoms with Crippen LogP contribution in [0.25, 0.3) is 76.9 Å². The Kier molecular flexibility index (Phi) is 6.18. The third-order valence-corrected chi connectivity index (χ3v) is 9.68. The topological polar surface area (TPSA) is 29.5 Å². The third kappa shape index (κ3) is 4.44. The van der Waals surface area contributed by atoms with Gasteiger partial charge < -0.3 is 13.7 Å². The van der Waals surface area contributed by atoms with Crippen LogP contribution in [0, 0.1) is 0 Å². The molecule has 0 saturated heterocycles. The molecule has 10 aromatic rings. The van der Waals surface area contributed by atoms with Crippen LogP contribution in [0.5, 0.6) is 0 Å². The van der Waals surface area contributed by atoms with Crippen molar-refractivity contribution < 1.29 is 8.83 Å². The number of anilines is 3. The zero-order valence-corrected chi connectivity index (χ0v) is 26.5. The summed E-state index contributed by atoms with van der Waals surface area (Å²) in [5, 5.41) is 6.77. The molecule has 0 amide bonds. The first-order valence-corrected chi connectivity index (χ1v) is 16.6. The standard InChI is InChI=1S/C46H29NO2/c1-2-10-30(11-3-1)31-20-25-34(26-21-31)47(40-16-9-19-43-45(40)38-14-6-7-17-41(38)48-43)35-27-22-33(23-28-35)36-15-8-18-42-44(36)39-29-24-32-12-4-5-13-37(32)46(39)49-42/h1-29H. The summed E-state index contributed by atoms with van der Waals surface area (Å²) in [6, 6.07) is 62.0. The molecule has 2 aromatic heterocycles. The van der Waals surface area contributed by atoms with E-state index in [0.29, 0.717) is 0 Å². The highest BCUT2D eigenvalue weighted by atomic mass is 16.3. The minimum atomic E-state index is 0.868. The molecular formula is C46H29NO2. The molecule has 0 aliphatic rings. The van der Waals surface area contributed by atoms with Gasteiger partial charge in [0, 0.05) is 32.9 Å². The third-order valence-electron chi connectivity index (χ3n) is 9.68. The average molecular weight is 628 g/mol. The summed E-state index contributed by atoms with van der Waals surface area (Å²) >= 11 is 0. The van der Waals surface area contributed by atoms with Crippen molar-refractivity contribution in [3.8, 4) is 22.3 Å². The molecule has 0 saturated carbocycles. The second kappa shape index (κ2) is 11.0. The lowest BCUT2D eigenvalue weighted by Crippen LogP contribution is -2.10. The molecule has 2 heterocycles. The van der Waals surface area contributed by atoms with Crippen LogP contribution in [-0.2, 0) is 0 Å². The summed E-state index contributed by atoms with van der Waals surface area (Å²) in [5.74, 6) is 0. The predicted octanol–water partition coefficient (Wildman–Crippen LogP) is 13.4. The average Bonchev–Trinajstić information content (AvgIpc) is 3.75. The smallest absolute Gasteiger partial charge is 0.143 e. The Balaban J connectivity index is 1.14. The number of benzene rings is 8. The lowest BCUT2D eigenvalue weighted by Gasteiger charge is -2.26. The van der Waals surface area contributed by atoms with Crippen molar-refractivity contribution in [1.29, 1.82) is 0 Å². The number of rotatable bonds is 5. The largest absolute Gasteiger partial charge is 0.456 e. The molecule has 0 bridgehead atoms. The molecule has 3 heteroatoms. The summed E-state index contributed by atoms with van der Waals surface area (Å²) in [6.45, 7) is 0. The minimum absolute atomic E-state index is 0.868. The quantitative estimate of drug-likeness (QED) is 0.190.